The maximum Gasteiger partial charge on any atom is 0.306 e. The third-order valence-electron chi connectivity index (χ3n) is 4.18. The van der Waals surface area contributed by atoms with Gasteiger partial charge in [-0.05, 0) is 30.7 Å². The lowest BCUT2D eigenvalue weighted by Gasteiger charge is -2.13. The lowest BCUT2D eigenvalue weighted by atomic mass is 10.1. The van der Waals surface area contributed by atoms with Crippen LogP contribution in [0, 0.1) is 5.82 Å². The highest BCUT2D eigenvalue weighted by atomic mass is 19.1. The average Bonchev–Trinajstić information content (AvgIpc) is 2.91. The zero-order valence-corrected chi connectivity index (χ0v) is 14.3. The molecule has 0 bridgehead atoms. The Morgan fingerprint density at radius 3 is 2.15 bits per heavy atom. The van der Waals surface area contributed by atoms with E-state index in [-0.39, 0.29) is 24.9 Å². The number of nitrogens with zero attached hydrogens (tertiary/aromatic N) is 1. The van der Waals surface area contributed by atoms with Crippen LogP contribution in [-0.4, -0.2) is 41.6 Å². The number of amides is 2. The van der Waals surface area contributed by atoms with Crippen LogP contribution in [0.15, 0.2) is 48.5 Å². The number of rotatable bonds is 7. The summed E-state index contributed by atoms with van der Waals surface area (Å²) in [4.78, 5) is 49.1. The van der Waals surface area contributed by atoms with Crippen LogP contribution in [0.25, 0.3) is 0 Å². The minimum Gasteiger partial charge on any atom is -0.457 e. The lowest BCUT2D eigenvalue weighted by molar-refractivity contribution is -0.142. The Morgan fingerprint density at radius 1 is 0.926 bits per heavy atom. The summed E-state index contributed by atoms with van der Waals surface area (Å²) in [5, 5.41) is 0. The fourth-order valence-corrected chi connectivity index (χ4v) is 2.81. The second-order valence-corrected chi connectivity index (χ2v) is 5.97. The predicted molar refractivity (Wildman–Crippen MR) is 92.7 cm³/mol. The molecule has 7 heteroatoms. The molecule has 0 saturated heterocycles. The molecule has 2 aromatic carbocycles. The van der Waals surface area contributed by atoms with Gasteiger partial charge in [-0.25, -0.2) is 4.39 Å². The average molecular weight is 369 g/mol. The first-order chi connectivity index (χ1) is 13.0. The van der Waals surface area contributed by atoms with Crippen molar-refractivity contribution in [2.45, 2.75) is 12.8 Å². The summed E-state index contributed by atoms with van der Waals surface area (Å²) in [6.45, 7) is -0.491. The number of ketones is 1. The number of fused-ring (bicyclic) bond motifs is 1. The van der Waals surface area contributed by atoms with Crippen LogP contribution in [0.4, 0.5) is 4.39 Å². The molecular formula is C20H16FNO5. The van der Waals surface area contributed by atoms with Gasteiger partial charge in [-0.15, -0.1) is 0 Å². The molecule has 2 aromatic rings. The van der Waals surface area contributed by atoms with E-state index in [1.807, 2.05) is 0 Å². The minimum atomic E-state index is -0.677. The summed E-state index contributed by atoms with van der Waals surface area (Å²) in [6.07, 6.45) is 0.135. The monoisotopic (exact) mass is 369 g/mol. The first kappa shape index (κ1) is 18.4. The molecule has 0 saturated carbocycles. The maximum atomic E-state index is 13.5. The number of imide groups is 1. The molecule has 0 atom stereocenters. The smallest absolute Gasteiger partial charge is 0.306 e. The number of Topliss-reactive ketones (excluding diaryl/α,β-unsaturated/α-hetero) is 1. The number of benzene rings is 2. The van der Waals surface area contributed by atoms with E-state index in [4.69, 9.17) is 4.74 Å². The predicted octanol–water partition coefficient (Wildman–Crippen LogP) is 2.63. The number of halogens is 1. The van der Waals surface area contributed by atoms with Gasteiger partial charge < -0.3 is 4.74 Å². The molecule has 0 unspecified atom stereocenters. The van der Waals surface area contributed by atoms with Crippen molar-refractivity contribution >= 4 is 23.6 Å². The molecule has 1 aliphatic rings. The van der Waals surface area contributed by atoms with E-state index in [1.165, 1.54) is 18.2 Å². The zero-order valence-electron chi connectivity index (χ0n) is 14.3. The summed E-state index contributed by atoms with van der Waals surface area (Å²) in [7, 11) is 0. The minimum absolute atomic E-state index is 0.0715. The van der Waals surface area contributed by atoms with Gasteiger partial charge in [-0.2, -0.15) is 0 Å². The first-order valence-corrected chi connectivity index (χ1v) is 8.37. The number of esters is 1. The number of carbonyl (C=O) groups is 4. The molecule has 0 fully saturated rings. The van der Waals surface area contributed by atoms with Crippen LogP contribution in [0.3, 0.4) is 0 Å². The molecule has 1 aliphatic heterocycles. The summed E-state index contributed by atoms with van der Waals surface area (Å²) in [5.74, 6) is -2.75. The summed E-state index contributed by atoms with van der Waals surface area (Å²) in [6, 6.07) is 12.0. The SMILES string of the molecule is O=C(CCCN1C(=O)c2ccccc2C1=O)OCC(=O)c1ccccc1F. The Labute approximate surface area is 154 Å². The Bertz CT molecular complexity index is 889. The second kappa shape index (κ2) is 7.90. The van der Waals surface area contributed by atoms with E-state index < -0.39 is 36.0 Å². The number of hydrogen-bond acceptors (Lipinski definition) is 5. The Hall–Kier alpha value is -3.35. The quantitative estimate of drug-likeness (QED) is 0.426. The fourth-order valence-electron chi connectivity index (χ4n) is 2.81. The van der Waals surface area contributed by atoms with E-state index in [0.29, 0.717) is 11.1 Å². The van der Waals surface area contributed by atoms with Crippen LogP contribution >= 0.6 is 0 Å². The highest BCUT2D eigenvalue weighted by molar-refractivity contribution is 6.21. The van der Waals surface area contributed by atoms with Crippen molar-refractivity contribution in [3.63, 3.8) is 0 Å². The van der Waals surface area contributed by atoms with Crippen LogP contribution < -0.4 is 0 Å². The van der Waals surface area contributed by atoms with Gasteiger partial charge in [0.05, 0.1) is 16.7 Å². The van der Waals surface area contributed by atoms with Crippen molar-refractivity contribution in [2.75, 3.05) is 13.2 Å². The van der Waals surface area contributed by atoms with Gasteiger partial charge in [0.25, 0.3) is 11.8 Å². The normalized spacial score (nSPS) is 12.9. The molecule has 3 rings (SSSR count). The standard InChI is InChI=1S/C20H16FNO5/c21-16-9-4-3-8-15(16)17(23)12-27-18(24)10-5-11-22-19(25)13-6-1-2-7-14(13)20(22)26/h1-4,6-9H,5,10-12H2. The molecule has 2 amide bonds. The lowest BCUT2D eigenvalue weighted by Crippen LogP contribution is -2.31. The van der Waals surface area contributed by atoms with E-state index in [2.05, 4.69) is 0 Å². The second-order valence-electron chi connectivity index (χ2n) is 5.97. The molecule has 138 valence electrons. The number of ether oxygens (including phenoxy) is 1. The molecular weight excluding hydrogens is 353 g/mol. The summed E-state index contributed by atoms with van der Waals surface area (Å²) >= 11 is 0. The zero-order chi connectivity index (χ0) is 19.4. The van der Waals surface area contributed by atoms with Crippen molar-refractivity contribution in [2.24, 2.45) is 0 Å². The van der Waals surface area contributed by atoms with Crippen molar-refractivity contribution < 1.29 is 28.3 Å². The molecule has 0 spiro atoms. The molecule has 0 aromatic heterocycles. The van der Waals surface area contributed by atoms with Crippen LogP contribution in [0.5, 0.6) is 0 Å². The van der Waals surface area contributed by atoms with Crippen LogP contribution in [0.1, 0.15) is 43.9 Å². The van der Waals surface area contributed by atoms with Crippen molar-refractivity contribution in [1.29, 1.82) is 0 Å². The van der Waals surface area contributed by atoms with Gasteiger partial charge in [0.15, 0.2) is 6.61 Å². The molecule has 1 heterocycles. The van der Waals surface area contributed by atoms with E-state index in [0.717, 1.165) is 11.0 Å². The van der Waals surface area contributed by atoms with Gasteiger partial charge >= 0.3 is 5.97 Å². The summed E-state index contributed by atoms with van der Waals surface area (Å²) in [5.41, 5.74) is 0.553. The molecule has 6 nitrogen and oxygen atoms in total. The Morgan fingerprint density at radius 2 is 1.52 bits per heavy atom. The number of carbonyl (C=O) groups excluding carboxylic acids is 4. The van der Waals surface area contributed by atoms with Gasteiger partial charge in [-0.1, -0.05) is 24.3 Å². The molecule has 0 N–H and O–H groups in total. The van der Waals surface area contributed by atoms with Crippen molar-refractivity contribution in [1.82, 2.24) is 4.90 Å². The van der Waals surface area contributed by atoms with Gasteiger partial charge in [-0.3, -0.25) is 24.1 Å². The first-order valence-electron chi connectivity index (χ1n) is 8.37. The fraction of sp³-hybridized carbons (Fsp3) is 0.200. The topological polar surface area (TPSA) is 80.8 Å². The van der Waals surface area contributed by atoms with Crippen molar-refractivity contribution in [3.05, 3.63) is 71.0 Å². The van der Waals surface area contributed by atoms with Crippen molar-refractivity contribution in [3.8, 4) is 0 Å². The maximum absolute atomic E-state index is 13.5. The number of hydrogen-bond donors (Lipinski definition) is 0. The van der Waals surface area contributed by atoms with Gasteiger partial charge in [0.2, 0.25) is 5.78 Å². The summed E-state index contributed by atoms with van der Waals surface area (Å²) < 4.78 is 18.3. The molecule has 27 heavy (non-hydrogen) atoms. The van der Waals surface area contributed by atoms with E-state index >= 15 is 0 Å². The van der Waals surface area contributed by atoms with Crippen LogP contribution in [0.2, 0.25) is 0 Å². The highest BCUT2D eigenvalue weighted by Crippen LogP contribution is 2.22. The highest BCUT2D eigenvalue weighted by Gasteiger charge is 2.34. The van der Waals surface area contributed by atoms with Crippen LogP contribution in [-0.2, 0) is 9.53 Å². The van der Waals surface area contributed by atoms with Gasteiger partial charge in [0.1, 0.15) is 5.82 Å². The van der Waals surface area contributed by atoms with E-state index in [9.17, 15) is 23.6 Å². The Balaban J connectivity index is 1.45. The molecule has 0 aliphatic carbocycles. The third kappa shape index (κ3) is 3.92. The Kier molecular flexibility index (Phi) is 5.40. The third-order valence-corrected chi connectivity index (χ3v) is 4.18. The largest absolute Gasteiger partial charge is 0.457 e. The molecule has 0 radical (unpaired) electrons. The van der Waals surface area contributed by atoms with Gasteiger partial charge in [0, 0.05) is 13.0 Å². The van der Waals surface area contributed by atoms with E-state index in [1.54, 1.807) is 24.3 Å².